The monoisotopic (exact) mass is 293 g/mol. The fourth-order valence-electron chi connectivity index (χ4n) is 1.78. The molecule has 2 aromatic rings. The zero-order chi connectivity index (χ0) is 15.5. The van der Waals surface area contributed by atoms with Crippen LogP contribution in [-0.4, -0.2) is 16.1 Å². The molecule has 108 valence electrons. The first-order chi connectivity index (χ1) is 9.86. The van der Waals surface area contributed by atoms with Crippen molar-refractivity contribution in [2.24, 2.45) is 0 Å². The third-order valence-electron chi connectivity index (χ3n) is 2.70. The van der Waals surface area contributed by atoms with Gasteiger partial charge in [-0.3, -0.25) is 4.98 Å². The Hall–Kier alpha value is -2.63. The summed E-state index contributed by atoms with van der Waals surface area (Å²) in [6.45, 7) is 0. The number of benzene rings is 1. The van der Waals surface area contributed by atoms with Crippen LogP contribution in [0.1, 0.15) is 11.1 Å². The van der Waals surface area contributed by atoms with Crippen molar-refractivity contribution < 1.29 is 23.1 Å². The molecule has 0 amide bonds. The topological polar surface area (TPSA) is 50.2 Å². The number of pyridine rings is 1. The number of rotatable bonds is 3. The predicted octanol–water partition coefficient (Wildman–Crippen LogP) is 3.87. The molecule has 0 aliphatic carbocycles. The first kappa shape index (κ1) is 14.8. The maximum atomic E-state index is 12.9. The van der Waals surface area contributed by atoms with Gasteiger partial charge in [-0.25, -0.2) is 4.79 Å². The van der Waals surface area contributed by atoms with Crippen LogP contribution in [0.3, 0.4) is 0 Å². The highest BCUT2D eigenvalue weighted by Crippen LogP contribution is 2.33. The Balaban J connectivity index is 2.55. The van der Waals surface area contributed by atoms with Crippen LogP contribution in [-0.2, 0) is 11.0 Å². The standard InChI is InChI=1S/C15H10F3NO2/c16-15(17,18)13-7-10(3-4-14(20)21)6-12(8-13)11-2-1-5-19-9-11/h1-9H,(H,20,21)/b4-3+. The Kier molecular flexibility index (Phi) is 4.07. The van der Waals surface area contributed by atoms with E-state index in [2.05, 4.69) is 4.98 Å². The van der Waals surface area contributed by atoms with Gasteiger partial charge < -0.3 is 5.11 Å². The lowest BCUT2D eigenvalue weighted by atomic mass is 10.0. The number of alkyl halides is 3. The molecule has 0 fully saturated rings. The van der Waals surface area contributed by atoms with Crippen molar-refractivity contribution >= 4 is 12.0 Å². The van der Waals surface area contributed by atoms with Gasteiger partial charge in [0.05, 0.1) is 5.56 Å². The summed E-state index contributed by atoms with van der Waals surface area (Å²) < 4.78 is 38.7. The van der Waals surface area contributed by atoms with E-state index in [9.17, 15) is 18.0 Å². The molecule has 1 aromatic heterocycles. The summed E-state index contributed by atoms with van der Waals surface area (Å²) in [7, 11) is 0. The van der Waals surface area contributed by atoms with Crippen LogP contribution in [0.2, 0.25) is 0 Å². The highest BCUT2D eigenvalue weighted by atomic mass is 19.4. The number of hydrogen-bond acceptors (Lipinski definition) is 2. The van der Waals surface area contributed by atoms with E-state index in [1.54, 1.807) is 12.1 Å². The third-order valence-corrected chi connectivity index (χ3v) is 2.70. The van der Waals surface area contributed by atoms with Gasteiger partial charge in [-0.1, -0.05) is 6.07 Å². The zero-order valence-electron chi connectivity index (χ0n) is 10.6. The van der Waals surface area contributed by atoms with Crippen LogP contribution < -0.4 is 0 Å². The van der Waals surface area contributed by atoms with Gasteiger partial charge in [0.2, 0.25) is 0 Å². The smallest absolute Gasteiger partial charge is 0.416 e. The first-order valence-electron chi connectivity index (χ1n) is 5.90. The van der Waals surface area contributed by atoms with Crippen molar-refractivity contribution in [3.8, 4) is 11.1 Å². The Morgan fingerprint density at radius 1 is 1.19 bits per heavy atom. The number of aromatic nitrogens is 1. The van der Waals surface area contributed by atoms with Gasteiger partial charge in [0, 0.05) is 24.0 Å². The highest BCUT2D eigenvalue weighted by molar-refractivity contribution is 5.85. The van der Waals surface area contributed by atoms with E-state index >= 15 is 0 Å². The number of carboxylic acid groups (broad SMARTS) is 1. The van der Waals surface area contributed by atoms with Gasteiger partial charge >= 0.3 is 12.1 Å². The van der Waals surface area contributed by atoms with Crippen molar-refractivity contribution in [1.82, 2.24) is 4.98 Å². The molecule has 1 aromatic carbocycles. The second-order valence-corrected chi connectivity index (χ2v) is 4.25. The van der Waals surface area contributed by atoms with E-state index in [1.165, 1.54) is 18.5 Å². The van der Waals surface area contributed by atoms with Crippen molar-refractivity contribution in [2.45, 2.75) is 6.18 Å². The number of carboxylic acids is 1. The van der Waals surface area contributed by atoms with E-state index < -0.39 is 17.7 Å². The summed E-state index contributed by atoms with van der Waals surface area (Å²) >= 11 is 0. The van der Waals surface area contributed by atoms with Crippen molar-refractivity contribution in [2.75, 3.05) is 0 Å². The van der Waals surface area contributed by atoms with Gasteiger partial charge in [-0.2, -0.15) is 13.2 Å². The molecule has 0 saturated heterocycles. The third kappa shape index (κ3) is 3.92. The van der Waals surface area contributed by atoms with Gasteiger partial charge in [-0.05, 0) is 41.5 Å². The molecule has 0 bridgehead atoms. The molecule has 0 radical (unpaired) electrons. The van der Waals surface area contributed by atoms with Crippen LogP contribution in [0.5, 0.6) is 0 Å². The first-order valence-corrected chi connectivity index (χ1v) is 5.90. The van der Waals surface area contributed by atoms with Crippen LogP contribution in [0.25, 0.3) is 17.2 Å². The van der Waals surface area contributed by atoms with E-state index in [-0.39, 0.29) is 5.56 Å². The molecule has 3 nitrogen and oxygen atoms in total. The van der Waals surface area contributed by atoms with E-state index in [1.807, 2.05) is 0 Å². The summed E-state index contributed by atoms with van der Waals surface area (Å²) in [6.07, 6.45) is 0.368. The minimum atomic E-state index is -4.51. The maximum absolute atomic E-state index is 12.9. The summed E-state index contributed by atoms with van der Waals surface area (Å²) in [5.41, 5.74) is 0.163. The lowest BCUT2D eigenvalue weighted by Gasteiger charge is -2.11. The molecule has 0 unspecified atom stereocenters. The lowest BCUT2D eigenvalue weighted by Crippen LogP contribution is -2.05. The molecule has 0 spiro atoms. The molecule has 2 rings (SSSR count). The van der Waals surface area contributed by atoms with Crippen LogP contribution >= 0.6 is 0 Å². The van der Waals surface area contributed by atoms with E-state index in [4.69, 9.17) is 5.11 Å². The minimum Gasteiger partial charge on any atom is -0.478 e. The molecule has 0 atom stereocenters. The Bertz CT molecular complexity index is 679. The summed E-state index contributed by atoms with van der Waals surface area (Å²) in [5, 5.41) is 8.57. The summed E-state index contributed by atoms with van der Waals surface area (Å²) in [6, 6.07) is 6.63. The molecular formula is C15H10F3NO2. The molecule has 21 heavy (non-hydrogen) atoms. The van der Waals surface area contributed by atoms with Gasteiger partial charge in [0.1, 0.15) is 0 Å². The number of aliphatic carboxylic acids is 1. The second-order valence-electron chi connectivity index (χ2n) is 4.25. The Morgan fingerprint density at radius 2 is 1.95 bits per heavy atom. The molecule has 6 heteroatoms. The van der Waals surface area contributed by atoms with E-state index in [0.29, 0.717) is 11.1 Å². The normalized spacial score (nSPS) is 11.8. The Labute approximate surface area is 118 Å². The summed E-state index contributed by atoms with van der Waals surface area (Å²) in [5.74, 6) is -1.23. The number of hydrogen-bond donors (Lipinski definition) is 1. The number of carbonyl (C=O) groups is 1. The zero-order valence-corrected chi connectivity index (χ0v) is 10.6. The second kappa shape index (κ2) is 5.78. The average Bonchev–Trinajstić information content (AvgIpc) is 2.45. The van der Waals surface area contributed by atoms with Crippen molar-refractivity contribution in [1.29, 1.82) is 0 Å². The molecular weight excluding hydrogens is 283 g/mol. The maximum Gasteiger partial charge on any atom is 0.416 e. The van der Waals surface area contributed by atoms with Crippen LogP contribution in [0, 0.1) is 0 Å². The average molecular weight is 293 g/mol. The fourth-order valence-corrected chi connectivity index (χ4v) is 1.78. The molecule has 0 saturated carbocycles. The number of halogens is 3. The predicted molar refractivity (Wildman–Crippen MR) is 71.3 cm³/mol. The van der Waals surface area contributed by atoms with Crippen molar-refractivity contribution in [3.05, 3.63) is 59.9 Å². The van der Waals surface area contributed by atoms with Crippen LogP contribution in [0.15, 0.2) is 48.8 Å². The molecule has 0 aliphatic heterocycles. The van der Waals surface area contributed by atoms with Crippen LogP contribution in [0.4, 0.5) is 13.2 Å². The van der Waals surface area contributed by atoms with E-state index in [0.717, 1.165) is 24.3 Å². The van der Waals surface area contributed by atoms with Gasteiger partial charge in [0.25, 0.3) is 0 Å². The van der Waals surface area contributed by atoms with Gasteiger partial charge in [-0.15, -0.1) is 0 Å². The summed E-state index contributed by atoms with van der Waals surface area (Å²) in [4.78, 5) is 14.4. The highest BCUT2D eigenvalue weighted by Gasteiger charge is 2.31. The largest absolute Gasteiger partial charge is 0.478 e. The number of nitrogens with zero attached hydrogens (tertiary/aromatic N) is 1. The fraction of sp³-hybridized carbons (Fsp3) is 0.0667. The molecule has 1 N–H and O–H groups in total. The lowest BCUT2D eigenvalue weighted by molar-refractivity contribution is -0.137. The minimum absolute atomic E-state index is 0.158. The van der Waals surface area contributed by atoms with Crippen molar-refractivity contribution in [3.63, 3.8) is 0 Å². The quantitative estimate of drug-likeness (QED) is 0.874. The Morgan fingerprint density at radius 3 is 2.52 bits per heavy atom. The van der Waals surface area contributed by atoms with Gasteiger partial charge in [0.15, 0.2) is 0 Å². The SMILES string of the molecule is O=C(O)/C=C/c1cc(-c2cccnc2)cc(C(F)(F)F)c1. The molecule has 0 aliphatic rings. The molecule has 1 heterocycles.